The van der Waals surface area contributed by atoms with Gasteiger partial charge in [0.05, 0.1) is 12.5 Å². The number of rotatable bonds is 17. The van der Waals surface area contributed by atoms with E-state index in [-0.39, 0.29) is 25.0 Å². The summed E-state index contributed by atoms with van der Waals surface area (Å²) in [5.41, 5.74) is 19.1. The average molecular weight is 610 g/mol. The molecule has 14 heteroatoms. The number of carboxylic acid groups (broad SMARTS) is 1. The number of phenols is 1. The predicted octanol–water partition coefficient (Wildman–Crippen LogP) is -0.471. The number of para-hydroxylation sites is 1. The molecule has 0 spiro atoms. The highest BCUT2D eigenvalue weighted by atomic mass is 16.4. The number of aliphatic carboxylic acids is 1. The van der Waals surface area contributed by atoms with Crippen LogP contribution in [0.2, 0.25) is 0 Å². The molecule has 0 radical (unpaired) electrons. The lowest BCUT2D eigenvalue weighted by Crippen LogP contribution is -2.58. The first-order chi connectivity index (χ1) is 21.0. The number of carbonyl (C=O) groups excluding carboxylic acids is 4. The maximum Gasteiger partial charge on any atom is 0.326 e. The second-order valence-corrected chi connectivity index (χ2v) is 10.5. The van der Waals surface area contributed by atoms with E-state index in [0.717, 1.165) is 10.9 Å². The number of nitrogens with two attached hydrogens (primary N) is 3. The van der Waals surface area contributed by atoms with E-state index in [0.29, 0.717) is 30.5 Å². The fourth-order valence-corrected chi connectivity index (χ4v) is 4.69. The lowest BCUT2D eigenvalue weighted by Gasteiger charge is -2.25. The van der Waals surface area contributed by atoms with Gasteiger partial charge in [-0.3, -0.25) is 19.2 Å². The molecule has 3 aromatic rings. The highest BCUT2D eigenvalue weighted by Gasteiger charge is 2.31. The molecule has 0 aliphatic carbocycles. The van der Waals surface area contributed by atoms with Crippen LogP contribution >= 0.6 is 0 Å². The van der Waals surface area contributed by atoms with E-state index in [9.17, 15) is 34.2 Å². The Morgan fingerprint density at radius 2 is 1.45 bits per heavy atom. The lowest BCUT2D eigenvalue weighted by atomic mass is 10.0. The normalized spacial score (nSPS) is 13.8. The number of aromatic nitrogens is 1. The molecule has 236 valence electrons. The summed E-state index contributed by atoms with van der Waals surface area (Å²) in [6.07, 6.45) is 2.24. The van der Waals surface area contributed by atoms with E-state index in [1.54, 1.807) is 18.3 Å². The SMILES string of the molecule is NCCCCC(NC(=O)C(CC(N)=O)NC(=O)C(N)Cc1ccc(O)cc1)C(=O)NC(Cc1c[nH]c2ccccc12)C(=O)O. The van der Waals surface area contributed by atoms with Crippen molar-refractivity contribution < 1.29 is 34.2 Å². The molecule has 3 rings (SSSR count). The Kier molecular flexibility index (Phi) is 12.2. The molecule has 1 heterocycles. The first-order valence-electron chi connectivity index (χ1n) is 14.2. The molecular formula is C30H39N7O7. The number of aromatic amines is 1. The molecule has 4 atom stereocenters. The Balaban J connectivity index is 1.72. The van der Waals surface area contributed by atoms with Crippen molar-refractivity contribution in [2.45, 2.75) is 62.7 Å². The van der Waals surface area contributed by atoms with Crippen LogP contribution in [0.25, 0.3) is 10.9 Å². The summed E-state index contributed by atoms with van der Waals surface area (Å²) in [7, 11) is 0. The lowest BCUT2D eigenvalue weighted by molar-refractivity contribution is -0.142. The Hall–Kier alpha value is -4.95. The number of aromatic hydroxyl groups is 1. The number of amides is 4. The van der Waals surface area contributed by atoms with Crippen LogP contribution in [0.3, 0.4) is 0 Å². The fraction of sp³-hybridized carbons (Fsp3) is 0.367. The molecule has 0 bridgehead atoms. The second kappa shape index (κ2) is 16.0. The number of nitrogens with one attached hydrogen (secondary N) is 4. The number of phenolic OH excluding ortho intramolecular Hbond substituents is 1. The minimum Gasteiger partial charge on any atom is -0.508 e. The molecule has 4 amide bonds. The van der Waals surface area contributed by atoms with Gasteiger partial charge in [0, 0.05) is 23.5 Å². The Morgan fingerprint density at radius 1 is 0.818 bits per heavy atom. The summed E-state index contributed by atoms with van der Waals surface area (Å²) in [5.74, 6) is -4.47. The summed E-state index contributed by atoms with van der Waals surface area (Å²) < 4.78 is 0. The standard InChI is InChI=1S/C30H39N7O7/c31-12-4-3-7-23(28(41)37-25(30(43)44)14-18-16-34-22-6-2-1-5-20(18)22)35-29(42)24(15-26(33)39)36-27(40)21(32)13-17-8-10-19(38)11-9-17/h1-2,5-6,8-11,16,21,23-25,34,38H,3-4,7,12-15,31-32H2,(H2,33,39)(H,35,42)(H,36,40)(H,37,41)(H,43,44). The molecule has 0 saturated carbocycles. The largest absolute Gasteiger partial charge is 0.508 e. The zero-order valence-corrected chi connectivity index (χ0v) is 24.1. The van der Waals surface area contributed by atoms with Crippen LogP contribution in [-0.4, -0.2) is 75.5 Å². The van der Waals surface area contributed by atoms with E-state index in [1.807, 2.05) is 24.3 Å². The van der Waals surface area contributed by atoms with Gasteiger partial charge in [0.2, 0.25) is 23.6 Å². The third-order valence-corrected chi connectivity index (χ3v) is 7.06. The number of unbranched alkanes of at least 4 members (excludes halogenated alkanes) is 1. The van der Waals surface area contributed by atoms with Gasteiger partial charge in [-0.15, -0.1) is 0 Å². The zero-order chi connectivity index (χ0) is 32.2. The van der Waals surface area contributed by atoms with Crippen LogP contribution in [0.1, 0.15) is 36.8 Å². The van der Waals surface area contributed by atoms with Crippen molar-refractivity contribution in [2.75, 3.05) is 6.54 Å². The van der Waals surface area contributed by atoms with Crippen LogP contribution in [0.4, 0.5) is 0 Å². The van der Waals surface area contributed by atoms with Crippen LogP contribution < -0.4 is 33.2 Å². The number of carbonyl (C=O) groups is 5. The van der Waals surface area contributed by atoms with Crippen molar-refractivity contribution in [1.29, 1.82) is 0 Å². The average Bonchev–Trinajstić information content (AvgIpc) is 3.39. The van der Waals surface area contributed by atoms with Crippen molar-refractivity contribution in [3.8, 4) is 5.75 Å². The van der Waals surface area contributed by atoms with Gasteiger partial charge in [-0.25, -0.2) is 4.79 Å². The van der Waals surface area contributed by atoms with Gasteiger partial charge in [-0.1, -0.05) is 30.3 Å². The van der Waals surface area contributed by atoms with Crippen LogP contribution in [0.5, 0.6) is 5.75 Å². The molecule has 14 nitrogen and oxygen atoms in total. The molecule has 0 aliphatic heterocycles. The second-order valence-electron chi connectivity index (χ2n) is 10.5. The van der Waals surface area contributed by atoms with E-state index in [4.69, 9.17) is 17.2 Å². The Labute approximate surface area is 253 Å². The van der Waals surface area contributed by atoms with Gasteiger partial charge in [-0.05, 0) is 61.6 Å². The summed E-state index contributed by atoms with van der Waals surface area (Å²) in [6, 6.07) is 8.33. The van der Waals surface area contributed by atoms with E-state index in [1.165, 1.54) is 12.1 Å². The number of benzene rings is 2. The van der Waals surface area contributed by atoms with Crippen molar-refractivity contribution in [3.63, 3.8) is 0 Å². The zero-order valence-electron chi connectivity index (χ0n) is 24.1. The maximum atomic E-state index is 13.3. The van der Waals surface area contributed by atoms with Crippen LogP contribution in [0.15, 0.2) is 54.7 Å². The van der Waals surface area contributed by atoms with Gasteiger partial charge in [-0.2, -0.15) is 0 Å². The predicted molar refractivity (Wildman–Crippen MR) is 162 cm³/mol. The van der Waals surface area contributed by atoms with Gasteiger partial charge in [0.15, 0.2) is 0 Å². The monoisotopic (exact) mass is 609 g/mol. The summed E-state index contributed by atoms with van der Waals surface area (Å²) in [5, 5.41) is 27.6. The number of H-pyrrole nitrogens is 1. The minimum absolute atomic E-state index is 0.0200. The van der Waals surface area contributed by atoms with E-state index < -0.39 is 60.2 Å². The first kappa shape index (κ1) is 33.6. The summed E-state index contributed by atoms with van der Waals surface area (Å²) in [6.45, 7) is 0.333. The minimum atomic E-state index is -1.45. The highest BCUT2D eigenvalue weighted by Crippen LogP contribution is 2.19. The van der Waals surface area contributed by atoms with Gasteiger partial charge >= 0.3 is 5.97 Å². The quantitative estimate of drug-likeness (QED) is 0.0895. The molecular weight excluding hydrogens is 570 g/mol. The van der Waals surface area contributed by atoms with Gasteiger partial charge < -0.3 is 48.3 Å². The molecule has 2 aromatic carbocycles. The third kappa shape index (κ3) is 9.81. The number of fused-ring (bicyclic) bond motifs is 1. The van der Waals surface area contributed by atoms with Crippen LogP contribution in [-0.2, 0) is 36.8 Å². The molecule has 0 fully saturated rings. The molecule has 44 heavy (non-hydrogen) atoms. The maximum absolute atomic E-state index is 13.3. The number of carboxylic acids is 1. The van der Waals surface area contributed by atoms with Crippen molar-refractivity contribution >= 4 is 40.5 Å². The molecule has 4 unspecified atom stereocenters. The fourth-order valence-electron chi connectivity index (χ4n) is 4.69. The van der Waals surface area contributed by atoms with Crippen molar-refractivity contribution in [3.05, 3.63) is 65.9 Å². The van der Waals surface area contributed by atoms with E-state index >= 15 is 0 Å². The molecule has 0 saturated heterocycles. The Bertz CT molecular complexity index is 1460. The Morgan fingerprint density at radius 3 is 2.11 bits per heavy atom. The summed E-state index contributed by atoms with van der Waals surface area (Å²) in [4.78, 5) is 66.4. The van der Waals surface area contributed by atoms with E-state index in [2.05, 4.69) is 20.9 Å². The third-order valence-electron chi connectivity index (χ3n) is 7.06. The summed E-state index contributed by atoms with van der Waals surface area (Å²) >= 11 is 0. The van der Waals surface area contributed by atoms with Crippen molar-refractivity contribution in [1.82, 2.24) is 20.9 Å². The van der Waals surface area contributed by atoms with Crippen molar-refractivity contribution in [2.24, 2.45) is 17.2 Å². The molecule has 12 N–H and O–H groups in total. The van der Waals surface area contributed by atoms with Gasteiger partial charge in [0.1, 0.15) is 23.9 Å². The smallest absolute Gasteiger partial charge is 0.326 e. The topological polar surface area (TPSA) is 256 Å². The first-order valence-corrected chi connectivity index (χ1v) is 14.2. The molecule has 0 aliphatic rings. The number of hydrogen-bond acceptors (Lipinski definition) is 8. The number of hydrogen-bond donors (Lipinski definition) is 9. The highest BCUT2D eigenvalue weighted by molar-refractivity contribution is 5.96. The number of primary amides is 1. The van der Waals surface area contributed by atoms with Crippen LogP contribution in [0, 0.1) is 0 Å². The van der Waals surface area contributed by atoms with Gasteiger partial charge in [0.25, 0.3) is 0 Å². The molecule has 1 aromatic heterocycles.